The Balaban J connectivity index is 1.85. The second kappa shape index (κ2) is 8.24. The fourth-order valence-corrected chi connectivity index (χ4v) is 4.28. The molecule has 9 heteroatoms. The van der Waals surface area contributed by atoms with Gasteiger partial charge in [0.1, 0.15) is 10.6 Å². The van der Waals surface area contributed by atoms with E-state index in [1.54, 1.807) is 24.4 Å². The van der Waals surface area contributed by atoms with E-state index in [1.165, 1.54) is 28.0 Å². The third-order valence-corrected chi connectivity index (χ3v) is 5.91. The predicted molar refractivity (Wildman–Crippen MR) is 109 cm³/mol. The number of carbonyl (C=O) groups excluding carboxylic acids is 1. The van der Waals surface area contributed by atoms with E-state index in [2.05, 4.69) is 16.9 Å². The molecule has 3 rings (SSSR count). The molecule has 1 aromatic carbocycles. The third-order valence-electron chi connectivity index (χ3n) is 3.70. The lowest BCUT2D eigenvalue weighted by molar-refractivity contribution is -0.115. The van der Waals surface area contributed by atoms with Gasteiger partial charge in [-0.2, -0.15) is 0 Å². The summed E-state index contributed by atoms with van der Waals surface area (Å²) in [6.45, 7) is 5.66. The first-order valence-electron chi connectivity index (χ1n) is 7.92. The number of aromatic nitrogens is 2. The van der Waals surface area contributed by atoms with Crippen LogP contribution >= 0.6 is 34.7 Å². The first kappa shape index (κ1) is 19.6. The van der Waals surface area contributed by atoms with Gasteiger partial charge in [0.25, 0.3) is 5.56 Å². The summed E-state index contributed by atoms with van der Waals surface area (Å²) in [6.07, 6.45) is 1.61. The Kier molecular flexibility index (Phi) is 5.98. The Labute approximate surface area is 167 Å². The van der Waals surface area contributed by atoms with Gasteiger partial charge in [-0.1, -0.05) is 29.4 Å². The first-order chi connectivity index (χ1) is 12.9. The lowest BCUT2D eigenvalue weighted by atomic mass is 10.3. The summed E-state index contributed by atoms with van der Waals surface area (Å²) in [5.74, 6) is -0.818. The summed E-state index contributed by atoms with van der Waals surface area (Å²) in [5.41, 5.74) is 0.151. The topological polar surface area (TPSA) is 64.0 Å². The molecule has 27 heavy (non-hydrogen) atoms. The SMILES string of the molecule is C=CCn1c(SC(C)C(=O)Nc2ccc(F)cc2Cl)nc2sccc2c1=O. The van der Waals surface area contributed by atoms with Gasteiger partial charge < -0.3 is 5.32 Å². The lowest BCUT2D eigenvalue weighted by Crippen LogP contribution is -2.26. The number of nitrogens with one attached hydrogen (secondary N) is 1. The summed E-state index contributed by atoms with van der Waals surface area (Å²) < 4.78 is 14.6. The molecule has 0 saturated heterocycles. The van der Waals surface area contributed by atoms with Crippen LogP contribution in [0.2, 0.25) is 5.02 Å². The largest absolute Gasteiger partial charge is 0.324 e. The highest BCUT2D eigenvalue weighted by molar-refractivity contribution is 8.00. The van der Waals surface area contributed by atoms with E-state index in [9.17, 15) is 14.0 Å². The minimum Gasteiger partial charge on any atom is -0.324 e. The van der Waals surface area contributed by atoms with Crippen LogP contribution in [0.25, 0.3) is 10.2 Å². The second-order valence-electron chi connectivity index (χ2n) is 5.61. The van der Waals surface area contributed by atoms with Crippen molar-refractivity contribution in [1.82, 2.24) is 9.55 Å². The number of carbonyl (C=O) groups is 1. The summed E-state index contributed by atoms with van der Waals surface area (Å²) in [4.78, 5) is 30.3. The van der Waals surface area contributed by atoms with Crippen molar-refractivity contribution in [3.8, 4) is 0 Å². The number of hydrogen-bond acceptors (Lipinski definition) is 5. The van der Waals surface area contributed by atoms with Crippen molar-refractivity contribution < 1.29 is 9.18 Å². The normalized spacial score (nSPS) is 12.1. The van der Waals surface area contributed by atoms with Gasteiger partial charge >= 0.3 is 0 Å². The zero-order valence-corrected chi connectivity index (χ0v) is 16.6. The zero-order valence-electron chi connectivity index (χ0n) is 14.2. The molecular weight excluding hydrogens is 409 g/mol. The Bertz CT molecular complexity index is 1080. The van der Waals surface area contributed by atoms with E-state index >= 15 is 0 Å². The van der Waals surface area contributed by atoms with Gasteiger partial charge in [-0.25, -0.2) is 9.37 Å². The third kappa shape index (κ3) is 4.23. The number of thiophene rings is 1. The van der Waals surface area contributed by atoms with Crippen LogP contribution in [-0.4, -0.2) is 20.7 Å². The summed E-state index contributed by atoms with van der Waals surface area (Å²) in [7, 11) is 0. The van der Waals surface area contributed by atoms with E-state index in [4.69, 9.17) is 11.6 Å². The predicted octanol–water partition coefficient (Wildman–Crippen LogP) is 4.56. The van der Waals surface area contributed by atoms with Crippen LogP contribution < -0.4 is 10.9 Å². The van der Waals surface area contributed by atoms with Crippen LogP contribution in [-0.2, 0) is 11.3 Å². The second-order valence-corrected chi connectivity index (χ2v) is 8.22. The highest BCUT2D eigenvalue weighted by Gasteiger charge is 2.20. The highest BCUT2D eigenvalue weighted by atomic mass is 35.5. The molecule has 1 N–H and O–H groups in total. The Morgan fingerprint density at radius 1 is 1.52 bits per heavy atom. The van der Waals surface area contributed by atoms with Gasteiger partial charge in [0.2, 0.25) is 5.91 Å². The van der Waals surface area contributed by atoms with Crippen molar-refractivity contribution in [1.29, 1.82) is 0 Å². The number of fused-ring (bicyclic) bond motifs is 1. The molecule has 0 aliphatic carbocycles. The van der Waals surface area contributed by atoms with Crippen molar-refractivity contribution in [3.63, 3.8) is 0 Å². The molecule has 2 aromatic heterocycles. The molecule has 1 unspecified atom stereocenters. The van der Waals surface area contributed by atoms with Gasteiger partial charge in [0.15, 0.2) is 5.16 Å². The lowest BCUT2D eigenvalue weighted by Gasteiger charge is -2.15. The highest BCUT2D eigenvalue weighted by Crippen LogP contribution is 2.27. The molecule has 2 heterocycles. The zero-order chi connectivity index (χ0) is 19.6. The molecule has 0 bridgehead atoms. The number of hydrogen-bond donors (Lipinski definition) is 1. The Hall–Kier alpha value is -2.16. The number of benzene rings is 1. The average molecular weight is 424 g/mol. The quantitative estimate of drug-likeness (QED) is 0.358. The molecule has 3 aromatic rings. The van der Waals surface area contributed by atoms with E-state index in [1.807, 2.05) is 0 Å². The summed E-state index contributed by atoms with van der Waals surface area (Å²) in [5, 5.41) is 4.99. The van der Waals surface area contributed by atoms with Crippen LogP contribution in [0.5, 0.6) is 0 Å². The Morgan fingerprint density at radius 3 is 3.00 bits per heavy atom. The molecule has 140 valence electrons. The number of anilines is 1. The molecule has 5 nitrogen and oxygen atoms in total. The standard InChI is InChI=1S/C18H15ClFN3O2S2/c1-3-7-23-17(25)12-6-8-26-16(12)22-18(23)27-10(2)15(24)21-14-5-4-11(20)9-13(14)19/h3-6,8-10H,1,7H2,2H3,(H,21,24). The van der Waals surface area contributed by atoms with Gasteiger partial charge in [0.05, 0.1) is 21.3 Å². The molecule has 0 fully saturated rings. The molecule has 1 atom stereocenters. The van der Waals surface area contributed by atoms with Gasteiger partial charge in [-0.05, 0) is 36.6 Å². The maximum atomic E-state index is 13.1. The molecular formula is C18H15ClFN3O2S2. The minimum atomic E-state index is -0.563. The van der Waals surface area contributed by atoms with Crippen molar-refractivity contribution in [3.05, 3.63) is 63.5 Å². The van der Waals surface area contributed by atoms with Crippen LogP contribution in [0.1, 0.15) is 6.92 Å². The number of rotatable bonds is 6. The molecule has 0 spiro atoms. The number of nitrogens with zero attached hydrogens (tertiary/aromatic N) is 2. The van der Waals surface area contributed by atoms with Crippen molar-refractivity contribution in [2.45, 2.75) is 23.9 Å². The van der Waals surface area contributed by atoms with Gasteiger partial charge in [0, 0.05) is 6.54 Å². The minimum absolute atomic E-state index is 0.113. The van der Waals surface area contributed by atoms with Crippen LogP contribution in [0.4, 0.5) is 10.1 Å². The maximum absolute atomic E-state index is 13.1. The van der Waals surface area contributed by atoms with Crippen molar-refractivity contribution >= 4 is 56.5 Å². The fraction of sp³-hybridized carbons (Fsp3) is 0.167. The summed E-state index contributed by atoms with van der Waals surface area (Å²) >= 11 is 8.48. The molecule has 0 aliphatic heterocycles. The smallest absolute Gasteiger partial charge is 0.263 e. The average Bonchev–Trinajstić information content (AvgIpc) is 3.09. The van der Waals surface area contributed by atoms with E-state index < -0.39 is 11.1 Å². The van der Waals surface area contributed by atoms with Crippen LogP contribution in [0.3, 0.4) is 0 Å². The van der Waals surface area contributed by atoms with E-state index in [0.29, 0.717) is 21.1 Å². The van der Waals surface area contributed by atoms with Crippen molar-refractivity contribution in [2.75, 3.05) is 5.32 Å². The summed E-state index contributed by atoms with van der Waals surface area (Å²) in [6, 6.07) is 5.48. The van der Waals surface area contributed by atoms with Crippen LogP contribution in [0, 0.1) is 5.82 Å². The number of thioether (sulfide) groups is 1. The molecule has 1 amide bonds. The Morgan fingerprint density at radius 2 is 2.30 bits per heavy atom. The number of allylic oxidation sites excluding steroid dienone is 1. The van der Waals surface area contributed by atoms with Gasteiger partial charge in [-0.15, -0.1) is 17.9 Å². The van der Waals surface area contributed by atoms with E-state index in [-0.39, 0.29) is 23.0 Å². The monoisotopic (exact) mass is 423 g/mol. The number of halogens is 2. The maximum Gasteiger partial charge on any atom is 0.263 e. The van der Waals surface area contributed by atoms with Gasteiger partial charge in [-0.3, -0.25) is 14.2 Å². The molecule has 0 radical (unpaired) electrons. The van der Waals surface area contributed by atoms with E-state index in [0.717, 1.165) is 17.8 Å². The first-order valence-corrected chi connectivity index (χ1v) is 10.1. The fourth-order valence-electron chi connectivity index (χ4n) is 2.35. The van der Waals surface area contributed by atoms with Crippen molar-refractivity contribution in [2.24, 2.45) is 0 Å². The molecule has 0 aliphatic rings. The van der Waals surface area contributed by atoms with Crippen LogP contribution in [0.15, 0.2) is 52.3 Å². The molecule has 0 saturated carbocycles. The number of amides is 1.